The van der Waals surface area contributed by atoms with E-state index in [2.05, 4.69) is 0 Å². The topological polar surface area (TPSA) is 190 Å². The highest BCUT2D eigenvalue weighted by Crippen LogP contribution is 2.05. The fourth-order valence-corrected chi connectivity index (χ4v) is 1.60. The van der Waals surface area contributed by atoms with Crippen LogP contribution in [0.15, 0.2) is 48.5 Å². The predicted molar refractivity (Wildman–Crippen MR) is 104 cm³/mol. The molecule has 0 atom stereocenters. The van der Waals surface area contributed by atoms with Crippen molar-refractivity contribution in [1.82, 2.24) is 0 Å². The molecule has 0 unspecified atom stereocenters. The van der Waals surface area contributed by atoms with E-state index >= 15 is 0 Å². The molecule has 10 nitrogen and oxygen atoms in total. The van der Waals surface area contributed by atoms with Crippen LogP contribution in [-0.2, 0) is 0 Å². The first-order valence-corrected chi connectivity index (χ1v) is 8.38. The molecular weight excluding hydrogens is 400 g/mol. The maximum Gasteiger partial charge on any atom is 0.335 e. The monoisotopic (exact) mass is 422 g/mol. The summed E-state index contributed by atoms with van der Waals surface area (Å²) in [6.07, 6.45) is 0. The molecule has 10 heteroatoms. The third-order valence-electron chi connectivity index (χ3n) is 3.36. The second-order valence-electron chi connectivity index (χ2n) is 5.85. The molecule has 6 N–H and O–H groups in total. The smallest absolute Gasteiger partial charge is 0.335 e. The van der Waals surface area contributed by atoms with Crippen LogP contribution in [0.2, 0.25) is 0 Å². The van der Waals surface area contributed by atoms with E-state index in [0.717, 1.165) is 6.07 Å². The van der Waals surface area contributed by atoms with Crippen molar-refractivity contribution < 1.29 is 49.8 Å². The summed E-state index contributed by atoms with van der Waals surface area (Å²) < 4.78 is 0. The third-order valence-corrected chi connectivity index (χ3v) is 3.36. The molecule has 0 aromatic heterocycles. The minimum Gasteiger partial charge on any atom is -0.478 e. The van der Waals surface area contributed by atoms with Gasteiger partial charge in [-0.1, -0.05) is 13.0 Å². The van der Waals surface area contributed by atoms with E-state index < -0.39 is 23.9 Å². The first-order chi connectivity index (χ1) is 14.0. The van der Waals surface area contributed by atoms with Crippen molar-refractivity contribution in [3.63, 3.8) is 0 Å². The zero-order valence-electron chi connectivity index (χ0n) is 15.9. The molecule has 0 spiro atoms. The third kappa shape index (κ3) is 9.97. The first-order valence-electron chi connectivity index (χ1n) is 8.38. The van der Waals surface area contributed by atoms with Crippen LogP contribution >= 0.6 is 0 Å². The molecule has 0 aliphatic heterocycles. The van der Waals surface area contributed by atoms with Crippen LogP contribution in [0.1, 0.15) is 48.4 Å². The molecule has 0 bridgehead atoms. The molecule has 0 heterocycles. The van der Waals surface area contributed by atoms with Gasteiger partial charge in [-0.2, -0.15) is 0 Å². The van der Waals surface area contributed by atoms with Gasteiger partial charge in [-0.05, 0) is 42.5 Å². The van der Waals surface area contributed by atoms with Crippen LogP contribution in [-0.4, -0.2) is 67.7 Å². The van der Waals surface area contributed by atoms with Gasteiger partial charge in [0.2, 0.25) is 0 Å². The Balaban J connectivity index is 0.000000447. The van der Waals surface area contributed by atoms with Crippen molar-refractivity contribution in [2.45, 2.75) is 6.92 Å². The summed E-state index contributed by atoms with van der Waals surface area (Å²) in [6.45, 7) is 1.94. The average Bonchev–Trinajstić information content (AvgIpc) is 2.74. The minimum absolute atomic E-state index is 0.0186. The molecule has 30 heavy (non-hydrogen) atoms. The van der Waals surface area contributed by atoms with E-state index in [0.29, 0.717) is 0 Å². The maximum atomic E-state index is 10.4. The Kier molecular flexibility index (Phi) is 11.7. The number of aliphatic hydroxyl groups excluding tert-OH is 2. The number of carboxylic acids is 4. The van der Waals surface area contributed by atoms with E-state index in [9.17, 15) is 19.2 Å². The summed E-state index contributed by atoms with van der Waals surface area (Å²) in [4.78, 5) is 41.4. The SMILES string of the molecule is CC(CO)CO.O=C(O)c1ccc(C(=O)O)cc1.O=C(O)c1cccc(C(=O)O)c1. The highest BCUT2D eigenvalue weighted by Gasteiger charge is 2.07. The number of hydrogen-bond donors (Lipinski definition) is 6. The van der Waals surface area contributed by atoms with Gasteiger partial charge in [0, 0.05) is 19.1 Å². The van der Waals surface area contributed by atoms with Gasteiger partial charge in [-0.3, -0.25) is 0 Å². The predicted octanol–water partition coefficient (Wildman–Crippen LogP) is 1.77. The molecule has 0 saturated carbocycles. The van der Waals surface area contributed by atoms with Crippen LogP contribution in [0.4, 0.5) is 0 Å². The van der Waals surface area contributed by atoms with Gasteiger partial charge in [-0.25, -0.2) is 19.2 Å². The lowest BCUT2D eigenvalue weighted by Crippen LogP contribution is -2.04. The lowest BCUT2D eigenvalue weighted by Gasteiger charge is -1.97. The summed E-state index contributed by atoms with van der Waals surface area (Å²) in [5, 5.41) is 50.3. The van der Waals surface area contributed by atoms with Crippen LogP contribution < -0.4 is 0 Å². The molecule has 0 radical (unpaired) electrons. The number of carbonyl (C=O) groups is 4. The molecule has 2 rings (SSSR count). The first kappa shape index (κ1) is 26.2. The zero-order valence-corrected chi connectivity index (χ0v) is 15.9. The molecular formula is C20H22O10. The number of aliphatic hydroxyl groups is 2. The van der Waals surface area contributed by atoms with E-state index in [1.165, 1.54) is 42.5 Å². The Morgan fingerprint density at radius 2 is 0.933 bits per heavy atom. The molecule has 0 fully saturated rings. The van der Waals surface area contributed by atoms with Crippen LogP contribution in [0.25, 0.3) is 0 Å². The number of carboxylic acid groups (broad SMARTS) is 4. The average molecular weight is 422 g/mol. The summed E-state index contributed by atoms with van der Waals surface area (Å²) in [5.74, 6) is -4.33. The summed E-state index contributed by atoms with van der Waals surface area (Å²) >= 11 is 0. The molecule has 0 aliphatic carbocycles. The van der Waals surface area contributed by atoms with Crippen molar-refractivity contribution in [2.24, 2.45) is 5.92 Å². The van der Waals surface area contributed by atoms with Crippen LogP contribution in [0, 0.1) is 5.92 Å². The Morgan fingerprint density at radius 1 is 0.633 bits per heavy atom. The van der Waals surface area contributed by atoms with Gasteiger partial charge in [0.25, 0.3) is 0 Å². The van der Waals surface area contributed by atoms with Crippen molar-refractivity contribution in [3.05, 3.63) is 70.8 Å². The minimum atomic E-state index is -1.13. The normalized spacial score (nSPS) is 9.47. The fraction of sp³-hybridized carbons (Fsp3) is 0.200. The molecule has 162 valence electrons. The van der Waals surface area contributed by atoms with Gasteiger partial charge in [0.05, 0.1) is 22.3 Å². The van der Waals surface area contributed by atoms with Gasteiger partial charge in [-0.15, -0.1) is 0 Å². The summed E-state index contributed by atoms with van der Waals surface area (Å²) in [6, 6.07) is 10.2. The van der Waals surface area contributed by atoms with Crippen molar-refractivity contribution >= 4 is 23.9 Å². The Bertz CT molecular complexity index is 792. The molecule has 0 aliphatic rings. The number of rotatable bonds is 6. The molecule has 0 saturated heterocycles. The maximum absolute atomic E-state index is 10.4. The Morgan fingerprint density at radius 3 is 1.13 bits per heavy atom. The van der Waals surface area contributed by atoms with E-state index in [4.69, 9.17) is 30.6 Å². The quantitative estimate of drug-likeness (QED) is 0.400. The zero-order chi connectivity index (χ0) is 23.3. The highest BCUT2D eigenvalue weighted by atomic mass is 16.4. The highest BCUT2D eigenvalue weighted by molar-refractivity contribution is 5.93. The Hall–Kier alpha value is -3.76. The van der Waals surface area contributed by atoms with Crippen molar-refractivity contribution in [2.75, 3.05) is 13.2 Å². The van der Waals surface area contributed by atoms with Crippen LogP contribution in [0.5, 0.6) is 0 Å². The van der Waals surface area contributed by atoms with Crippen molar-refractivity contribution in [1.29, 1.82) is 0 Å². The van der Waals surface area contributed by atoms with Crippen LogP contribution in [0.3, 0.4) is 0 Å². The fourth-order valence-electron chi connectivity index (χ4n) is 1.60. The van der Waals surface area contributed by atoms with E-state index in [-0.39, 0.29) is 41.4 Å². The van der Waals surface area contributed by atoms with Gasteiger partial charge in [0.15, 0.2) is 0 Å². The lowest BCUT2D eigenvalue weighted by molar-refractivity contribution is 0.0681. The van der Waals surface area contributed by atoms with E-state index in [1.807, 2.05) is 0 Å². The number of aromatic carboxylic acids is 4. The van der Waals surface area contributed by atoms with E-state index in [1.54, 1.807) is 6.92 Å². The standard InChI is InChI=1S/2C8H6O4.C4H10O2/c9-7(10)5-1-2-6(4-3-5)8(11)12;9-7(10)5-2-1-3-6(4-5)8(11)12;1-4(2-5)3-6/h2*1-4H,(H,9,10)(H,11,12);4-6H,2-3H2,1H3. The number of hydrogen-bond acceptors (Lipinski definition) is 6. The molecule has 2 aromatic rings. The Labute approximate surface area is 171 Å². The summed E-state index contributed by atoms with van der Waals surface area (Å²) in [7, 11) is 0. The largest absolute Gasteiger partial charge is 0.478 e. The lowest BCUT2D eigenvalue weighted by atomic mass is 10.1. The molecule has 0 amide bonds. The number of benzene rings is 2. The second-order valence-corrected chi connectivity index (χ2v) is 5.85. The van der Waals surface area contributed by atoms with Gasteiger partial charge < -0.3 is 30.6 Å². The second kappa shape index (κ2) is 13.4. The van der Waals surface area contributed by atoms with Gasteiger partial charge >= 0.3 is 23.9 Å². The summed E-state index contributed by atoms with van der Waals surface area (Å²) in [5.41, 5.74) is 0.129. The van der Waals surface area contributed by atoms with Crippen molar-refractivity contribution in [3.8, 4) is 0 Å². The molecule has 2 aromatic carbocycles. The van der Waals surface area contributed by atoms with Gasteiger partial charge in [0.1, 0.15) is 0 Å².